The predicted octanol–water partition coefficient (Wildman–Crippen LogP) is 3.86. The van der Waals surface area contributed by atoms with Crippen LogP contribution in [0.25, 0.3) is 0 Å². The summed E-state index contributed by atoms with van der Waals surface area (Å²) >= 11 is 0. The minimum atomic E-state index is -0.223. The number of carbonyl (C=O) groups excluding carboxylic acids is 1. The Bertz CT molecular complexity index is 721. The zero-order valence-corrected chi connectivity index (χ0v) is 16.5. The molecule has 1 amide bonds. The second kappa shape index (κ2) is 6.85. The van der Waals surface area contributed by atoms with E-state index in [1.807, 2.05) is 12.1 Å². The van der Waals surface area contributed by atoms with Gasteiger partial charge in [0.1, 0.15) is 5.82 Å². The number of ether oxygens (including phenoxy) is 2. The fourth-order valence-corrected chi connectivity index (χ4v) is 6.23. The zero-order valence-electron chi connectivity index (χ0n) is 16.5. The highest BCUT2D eigenvalue weighted by atomic mass is 19.1. The molecule has 1 spiro atoms. The Morgan fingerprint density at radius 3 is 2.89 bits per heavy atom. The standard InChI is InChI=1S/C22H30FNO3/c1-21(2)14-12-16-19(15-6-4-5-7-17(15)23)27-11-9-22(16,13-14)20(21)24-18(25)8-10-26-3/h4-7,14,16,19-20H,8-13H2,1-3H3,(H,24,25)/t14-,16-,19-,20-,22?/m1/s1. The van der Waals surface area contributed by atoms with Crippen molar-refractivity contribution in [2.75, 3.05) is 20.3 Å². The van der Waals surface area contributed by atoms with Crippen LogP contribution in [-0.4, -0.2) is 32.3 Å². The lowest BCUT2D eigenvalue weighted by atomic mass is 9.58. The van der Waals surface area contributed by atoms with Crippen LogP contribution in [0.3, 0.4) is 0 Å². The molecule has 1 saturated heterocycles. The van der Waals surface area contributed by atoms with Gasteiger partial charge in [-0.25, -0.2) is 4.39 Å². The van der Waals surface area contributed by atoms with Crippen molar-refractivity contribution in [1.82, 2.24) is 5.32 Å². The smallest absolute Gasteiger partial charge is 0.222 e. The van der Waals surface area contributed by atoms with E-state index >= 15 is 0 Å². The lowest BCUT2D eigenvalue weighted by molar-refractivity contribution is -0.138. The summed E-state index contributed by atoms with van der Waals surface area (Å²) in [5.74, 6) is 0.617. The van der Waals surface area contributed by atoms with Crippen LogP contribution in [0.1, 0.15) is 51.2 Å². The topological polar surface area (TPSA) is 47.6 Å². The van der Waals surface area contributed by atoms with Crippen molar-refractivity contribution < 1.29 is 18.7 Å². The summed E-state index contributed by atoms with van der Waals surface area (Å²) in [7, 11) is 1.61. The number of hydrogen-bond acceptors (Lipinski definition) is 3. The molecule has 1 aromatic carbocycles. The fraction of sp³-hybridized carbons (Fsp3) is 0.682. The molecule has 4 nitrogen and oxygen atoms in total. The van der Waals surface area contributed by atoms with Crippen molar-refractivity contribution in [1.29, 1.82) is 0 Å². The number of carbonyl (C=O) groups is 1. The van der Waals surface area contributed by atoms with Crippen molar-refractivity contribution in [3.63, 3.8) is 0 Å². The van der Waals surface area contributed by atoms with Gasteiger partial charge in [0.05, 0.1) is 12.7 Å². The summed E-state index contributed by atoms with van der Waals surface area (Å²) in [6.07, 6.45) is 3.21. The Balaban J connectivity index is 1.64. The van der Waals surface area contributed by atoms with Crippen LogP contribution < -0.4 is 5.32 Å². The first-order valence-corrected chi connectivity index (χ1v) is 10.0. The molecule has 3 fully saturated rings. The second-order valence-corrected chi connectivity index (χ2v) is 9.10. The summed E-state index contributed by atoms with van der Waals surface area (Å²) in [5.41, 5.74) is 0.690. The molecule has 2 bridgehead atoms. The molecule has 1 unspecified atom stereocenters. The minimum Gasteiger partial charge on any atom is -0.384 e. The van der Waals surface area contributed by atoms with E-state index in [9.17, 15) is 9.18 Å². The van der Waals surface area contributed by atoms with E-state index in [1.54, 1.807) is 13.2 Å². The number of amides is 1. The first-order chi connectivity index (χ1) is 12.9. The van der Waals surface area contributed by atoms with E-state index < -0.39 is 0 Å². The third-order valence-electron chi connectivity index (χ3n) is 7.56. The number of hydrogen-bond donors (Lipinski definition) is 1. The Kier molecular flexibility index (Phi) is 4.79. The number of nitrogens with one attached hydrogen (secondary N) is 1. The average Bonchev–Trinajstić information content (AvgIpc) is 3.13. The van der Waals surface area contributed by atoms with Gasteiger partial charge in [0, 0.05) is 31.7 Å². The molecule has 27 heavy (non-hydrogen) atoms. The number of methoxy groups -OCH3 is 1. The molecule has 3 aliphatic rings. The quantitative estimate of drug-likeness (QED) is 0.850. The van der Waals surface area contributed by atoms with Gasteiger partial charge >= 0.3 is 0 Å². The molecule has 148 valence electrons. The number of benzene rings is 1. The van der Waals surface area contributed by atoms with Gasteiger partial charge < -0.3 is 14.8 Å². The molecule has 2 saturated carbocycles. The van der Waals surface area contributed by atoms with Gasteiger partial charge in [-0.3, -0.25) is 4.79 Å². The number of fused-ring (bicyclic) bond motifs is 1. The van der Waals surface area contributed by atoms with Crippen molar-refractivity contribution >= 4 is 5.91 Å². The summed E-state index contributed by atoms with van der Waals surface area (Å²) < 4.78 is 25.7. The van der Waals surface area contributed by atoms with Crippen LogP contribution in [0, 0.1) is 28.5 Å². The van der Waals surface area contributed by atoms with E-state index in [0.29, 0.717) is 31.1 Å². The molecule has 1 aromatic rings. The molecule has 0 radical (unpaired) electrons. The highest BCUT2D eigenvalue weighted by molar-refractivity contribution is 5.76. The minimum absolute atomic E-state index is 0.0118. The molecule has 1 aliphatic heterocycles. The Hall–Kier alpha value is -1.46. The Morgan fingerprint density at radius 1 is 1.37 bits per heavy atom. The summed E-state index contributed by atoms with van der Waals surface area (Å²) in [4.78, 5) is 12.5. The van der Waals surface area contributed by atoms with Gasteiger partial charge in [-0.1, -0.05) is 32.0 Å². The maximum Gasteiger partial charge on any atom is 0.222 e. The number of halogens is 1. The van der Waals surface area contributed by atoms with E-state index in [1.165, 1.54) is 6.07 Å². The third-order valence-corrected chi connectivity index (χ3v) is 7.56. The van der Waals surface area contributed by atoms with Gasteiger partial charge in [0.2, 0.25) is 5.91 Å². The van der Waals surface area contributed by atoms with Crippen LogP contribution in [-0.2, 0) is 14.3 Å². The number of rotatable bonds is 5. The first-order valence-electron chi connectivity index (χ1n) is 10.0. The van der Waals surface area contributed by atoms with Crippen molar-refractivity contribution in [3.8, 4) is 0 Å². The van der Waals surface area contributed by atoms with Gasteiger partial charge in [-0.05, 0) is 48.0 Å². The van der Waals surface area contributed by atoms with Crippen molar-refractivity contribution in [2.24, 2.45) is 22.7 Å². The van der Waals surface area contributed by atoms with Crippen LogP contribution >= 0.6 is 0 Å². The zero-order chi connectivity index (χ0) is 19.2. The van der Waals surface area contributed by atoms with Gasteiger partial charge in [-0.15, -0.1) is 0 Å². The van der Waals surface area contributed by atoms with E-state index in [2.05, 4.69) is 19.2 Å². The molecular weight excluding hydrogens is 345 g/mol. The summed E-state index contributed by atoms with van der Waals surface area (Å²) in [5, 5.41) is 3.34. The lowest BCUT2D eigenvalue weighted by Gasteiger charge is -2.53. The molecule has 4 rings (SSSR count). The highest BCUT2D eigenvalue weighted by Crippen LogP contribution is 2.70. The van der Waals surface area contributed by atoms with Crippen LogP contribution in [0.2, 0.25) is 0 Å². The molecule has 0 aromatic heterocycles. The summed E-state index contributed by atoms with van der Waals surface area (Å²) in [6, 6.07) is 7.06. The van der Waals surface area contributed by atoms with E-state index in [-0.39, 0.29) is 40.6 Å². The second-order valence-electron chi connectivity index (χ2n) is 9.10. The summed E-state index contributed by atoms with van der Waals surface area (Å²) in [6.45, 7) is 5.59. The maximum atomic E-state index is 14.5. The van der Waals surface area contributed by atoms with Crippen LogP contribution in [0.5, 0.6) is 0 Å². The predicted molar refractivity (Wildman–Crippen MR) is 101 cm³/mol. The first kappa shape index (κ1) is 18.9. The lowest BCUT2D eigenvalue weighted by Crippen LogP contribution is -2.59. The van der Waals surface area contributed by atoms with Crippen LogP contribution in [0.15, 0.2) is 24.3 Å². The molecule has 5 atom stereocenters. The molecule has 5 heteroatoms. The molecule has 1 heterocycles. The normalized spacial score (nSPS) is 36.4. The Labute approximate surface area is 160 Å². The monoisotopic (exact) mass is 375 g/mol. The van der Waals surface area contributed by atoms with Gasteiger partial charge in [0.15, 0.2) is 0 Å². The van der Waals surface area contributed by atoms with E-state index in [4.69, 9.17) is 9.47 Å². The largest absolute Gasteiger partial charge is 0.384 e. The third kappa shape index (κ3) is 2.90. The maximum absolute atomic E-state index is 14.5. The van der Waals surface area contributed by atoms with Crippen molar-refractivity contribution in [2.45, 2.75) is 51.7 Å². The van der Waals surface area contributed by atoms with Gasteiger partial charge in [0.25, 0.3) is 0 Å². The molecule has 1 N–H and O–H groups in total. The molecular formula is C22H30FNO3. The average molecular weight is 375 g/mol. The van der Waals surface area contributed by atoms with Gasteiger partial charge in [-0.2, -0.15) is 0 Å². The van der Waals surface area contributed by atoms with Crippen molar-refractivity contribution in [3.05, 3.63) is 35.6 Å². The Morgan fingerprint density at radius 2 is 2.15 bits per heavy atom. The SMILES string of the molecule is COCCC(=O)N[C@@H]1C(C)(C)[C@@H]2C[C@@H]3[C@@H](c4ccccc4F)OCCC31C2. The van der Waals surface area contributed by atoms with Crippen LogP contribution in [0.4, 0.5) is 4.39 Å². The van der Waals surface area contributed by atoms with E-state index in [0.717, 1.165) is 19.3 Å². The molecule has 2 aliphatic carbocycles. The fourth-order valence-electron chi connectivity index (χ4n) is 6.23. The highest BCUT2D eigenvalue weighted by Gasteiger charge is 2.68.